The van der Waals surface area contributed by atoms with Crippen LogP contribution in [0.4, 0.5) is 0 Å². The van der Waals surface area contributed by atoms with E-state index >= 15 is 0 Å². The molecule has 5 N–H and O–H groups in total. The monoisotopic (exact) mass is 550 g/mol. The van der Waals surface area contributed by atoms with E-state index in [4.69, 9.17) is 21.1 Å². The Kier molecular flexibility index (Phi) is 7.68. The van der Waals surface area contributed by atoms with Crippen LogP contribution in [-0.4, -0.2) is 21.2 Å². The zero-order valence-corrected chi connectivity index (χ0v) is 13.6. The van der Waals surface area contributed by atoms with E-state index in [1.807, 2.05) is 0 Å². The first-order valence-corrected chi connectivity index (χ1v) is 15.9. The summed E-state index contributed by atoms with van der Waals surface area (Å²) in [7, 11) is 0. The van der Waals surface area contributed by atoms with E-state index in [9.17, 15) is 4.79 Å². The molecule has 8 heteroatoms. The molecule has 0 unspecified atom stereocenters. The van der Waals surface area contributed by atoms with E-state index < -0.39 is 23.2 Å². The van der Waals surface area contributed by atoms with Gasteiger partial charge in [0.1, 0.15) is 0 Å². The van der Waals surface area contributed by atoms with E-state index in [1.165, 1.54) is 0 Å². The van der Waals surface area contributed by atoms with Crippen LogP contribution in [0.25, 0.3) is 0 Å². The van der Waals surface area contributed by atoms with Crippen LogP contribution in [0.5, 0.6) is 17.2 Å². The number of rotatable bonds is 1. The van der Waals surface area contributed by atoms with Crippen molar-refractivity contribution in [3.05, 3.63) is 17.7 Å². The summed E-state index contributed by atoms with van der Waals surface area (Å²) in [6.07, 6.45) is 0. The maximum Gasteiger partial charge on any atom is 0.248 e. The summed E-state index contributed by atoms with van der Waals surface area (Å²) in [4.78, 5) is 10.5. The van der Waals surface area contributed by atoms with Crippen molar-refractivity contribution in [2.45, 2.75) is 0 Å². The van der Waals surface area contributed by atoms with E-state index in [1.54, 1.807) is 0 Å². The molecule has 86 valence electrons. The third-order valence-electron chi connectivity index (χ3n) is 1.35. The number of aromatic hydroxyl groups is 3. The van der Waals surface area contributed by atoms with Gasteiger partial charge in [0.2, 0.25) is 5.91 Å². The van der Waals surface area contributed by atoms with Crippen LogP contribution in [0.15, 0.2) is 12.1 Å². The van der Waals surface area contributed by atoms with Crippen LogP contribution >= 0.6 is 37.2 Å². The van der Waals surface area contributed by atoms with Crippen molar-refractivity contribution in [2.75, 3.05) is 0 Å². The summed E-state index contributed by atoms with van der Waals surface area (Å²) in [6.45, 7) is 0. The van der Waals surface area contributed by atoms with Crippen LogP contribution in [0, 0.1) is 0 Å². The smallest absolute Gasteiger partial charge is 0.248 e. The van der Waals surface area contributed by atoms with Gasteiger partial charge < -0.3 is 21.1 Å². The summed E-state index contributed by atoms with van der Waals surface area (Å²) in [5.74, 6) is -2.62. The zero-order chi connectivity index (χ0) is 12.0. The summed E-state index contributed by atoms with van der Waals surface area (Å²) in [6, 6.07) is 1.94. The maximum atomic E-state index is 10.5. The van der Waals surface area contributed by atoms with Crippen LogP contribution in [0.2, 0.25) is 0 Å². The van der Waals surface area contributed by atoms with Crippen molar-refractivity contribution >= 4 is 43.1 Å². The first-order chi connectivity index (χ1) is 6.93. The van der Waals surface area contributed by atoms with Gasteiger partial charge in [0, 0.05) is 5.56 Å². The van der Waals surface area contributed by atoms with E-state index in [0.29, 0.717) is 13.3 Å². The fourth-order valence-electron chi connectivity index (χ4n) is 0.746. The molecule has 5 nitrogen and oxygen atoms in total. The van der Waals surface area contributed by atoms with Crippen molar-refractivity contribution in [1.82, 2.24) is 0 Å². The number of carbonyl (C=O) groups excluding carboxylic acids is 1. The number of amides is 1. The van der Waals surface area contributed by atoms with E-state index in [2.05, 4.69) is 37.2 Å². The first-order valence-electron chi connectivity index (χ1n) is 3.35. The Balaban J connectivity index is 0.000000583. The molecule has 0 aromatic heterocycles. The van der Waals surface area contributed by atoms with E-state index in [0.717, 1.165) is 12.1 Å². The number of phenols is 3. The van der Waals surface area contributed by atoms with Crippen LogP contribution in [-0.2, 0) is 0 Å². The minimum absolute atomic E-state index is 0.0669. The van der Waals surface area contributed by atoms with Crippen LogP contribution in [0.3, 0.4) is 0 Å². The molecular formula is C7H7I3NO4-. The van der Waals surface area contributed by atoms with Gasteiger partial charge in [-0.15, -0.1) is 0 Å². The van der Waals surface area contributed by atoms with Gasteiger partial charge in [-0.3, -0.25) is 4.79 Å². The minimum atomic E-state index is -0.791. The molecule has 0 radical (unpaired) electrons. The molecule has 1 aromatic rings. The van der Waals surface area contributed by atoms with Gasteiger partial charge >= 0.3 is 50.5 Å². The van der Waals surface area contributed by atoms with Gasteiger partial charge in [0.05, 0.1) is 0 Å². The summed E-state index contributed by atoms with van der Waals surface area (Å²) in [5, 5.41) is 26.7. The van der Waals surface area contributed by atoms with Gasteiger partial charge in [0.15, 0.2) is 17.2 Å². The molecule has 0 bridgehead atoms. The van der Waals surface area contributed by atoms with Crippen LogP contribution in [0.1, 0.15) is 10.4 Å². The second-order valence-corrected chi connectivity index (χ2v) is 18.5. The number of nitrogens with two attached hydrogens (primary N) is 1. The molecule has 0 saturated carbocycles. The summed E-state index contributed by atoms with van der Waals surface area (Å²) < 4.78 is 0. The first kappa shape index (κ1) is 15.3. The number of benzene rings is 1. The fourth-order valence-corrected chi connectivity index (χ4v) is 0.746. The SMILES string of the molecule is I[I-]I.NC(=O)c1cc(O)c(O)c(O)c1. The molecule has 1 amide bonds. The Bertz CT molecular complexity index is 335. The van der Waals surface area contributed by atoms with Gasteiger partial charge in [-0.1, -0.05) is 0 Å². The Labute approximate surface area is 116 Å². The minimum Gasteiger partial charge on any atom is -0.504 e. The number of hydrogen-bond acceptors (Lipinski definition) is 4. The van der Waals surface area contributed by atoms with Gasteiger partial charge in [-0.05, 0) is 12.1 Å². The summed E-state index contributed by atoms with van der Waals surface area (Å²) >= 11 is 5.30. The largest absolute Gasteiger partial charge is 0.504 e. The van der Waals surface area contributed by atoms with Crippen molar-refractivity contribution in [3.63, 3.8) is 0 Å². The van der Waals surface area contributed by atoms with Gasteiger partial charge in [-0.25, -0.2) is 0 Å². The average Bonchev–Trinajstić information content (AvgIpc) is 2.14. The number of primary amides is 1. The summed E-state index contributed by atoms with van der Waals surface area (Å²) in [5.41, 5.74) is 4.79. The third-order valence-corrected chi connectivity index (χ3v) is 1.35. The maximum absolute atomic E-state index is 10.5. The third kappa shape index (κ3) is 5.24. The molecule has 0 aliphatic heterocycles. The molecule has 1 aromatic carbocycles. The number of halogens is 3. The second kappa shape index (κ2) is 7.54. The molecule has 0 aliphatic carbocycles. The Hall–Kier alpha value is 0.280. The van der Waals surface area contributed by atoms with Crippen LogP contribution < -0.4 is 19.0 Å². The Morgan fingerprint density at radius 3 is 1.80 bits per heavy atom. The molecular weight excluding hydrogens is 543 g/mol. The Morgan fingerprint density at radius 2 is 1.53 bits per heavy atom. The molecule has 0 atom stereocenters. The van der Waals surface area contributed by atoms with Gasteiger partial charge in [0.25, 0.3) is 0 Å². The molecule has 0 aliphatic rings. The topological polar surface area (TPSA) is 104 Å². The zero-order valence-electron chi connectivity index (χ0n) is 7.12. The van der Waals surface area contributed by atoms with Crippen molar-refractivity contribution < 1.29 is 33.4 Å². The van der Waals surface area contributed by atoms with Gasteiger partial charge in [-0.2, -0.15) is 0 Å². The average molecular weight is 550 g/mol. The normalized spacial score (nSPS) is 9.20. The number of carbonyl (C=O) groups is 1. The Morgan fingerprint density at radius 1 is 1.20 bits per heavy atom. The predicted octanol–water partition coefficient (Wildman–Crippen LogP) is -1.32. The van der Waals surface area contributed by atoms with Crippen molar-refractivity contribution in [2.24, 2.45) is 5.73 Å². The molecule has 1 rings (SSSR count). The molecule has 15 heavy (non-hydrogen) atoms. The molecule has 0 heterocycles. The van der Waals surface area contributed by atoms with Crippen molar-refractivity contribution in [3.8, 4) is 17.2 Å². The molecule has 0 saturated heterocycles. The standard InChI is InChI=1S/C7H7NO4.I3/c8-7(12)3-1-4(9)6(11)5(10)2-3;1-3-2/h1-2,9-11H,(H2,8,12);/q;-1. The quantitative estimate of drug-likeness (QED) is 0.258. The van der Waals surface area contributed by atoms with Crippen molar-refractivity contribution in [1.29, 1.82) is 0 Å². The number of hydrogen-bond donors (Lipinski definition) is 4. The van der Waals surface area contributed by atoms with E-state index in [-0.39, 0.29) is 5.56 Å². The predicted molar refractivity (Wildman–Crippen MR) is 68.0 cm³/mol. The molecule has 0 spiro atoms. The second-order valence-electron chi connectivity index (χ2n) is 2.28. The number of phenolic OH excluding ortho intramolecular Hbond substituents is 3. The molecule has 0 fully saturated rings. The fraction of sp³-hybridized carbons (Fsp3) is 0.